The van der Waals surface area contributed by atoms with Crippen LogP contribution < -0.4 is 14.9 Å². The average Bonchev–Trinajstić information content (AvgIpc) is 3.46. The number of nitrogens with one attached hydrogen (secondary N) is 2. The van der Waals surface area contributed by atoms with Gasteiger partial charge in [0.15, 0.2) is 5.11 Å². The van der Waals surface area contributed by atoms with E-state index in [2.05, 4.69) is 15.0 Å². The number of anilines is 2. The topological polar surface area (TPSA) is 87.5 Å². The molecule has 1 fully saturated rings. The third-order valence-electron chi connectivity index (χ3n) is 5.92. The van der Waals surface area contributed by atoms with Crippen molar-refractivity contribution in [3.63, 3.8) is 0 Å². The monoisotopic (exact) mass is 538 g/mol. The van der Waals surface area contributed by atoms with Gasteiger partial charge in [0.1, 0.15) is 17.6 Å². The van der Waals surface area contributed by atoms with Gasteiger partial charge in [0.2, 0.25) is 10.0 Å². The fraction of sp³-hybridized carbons (Fsp3) is 0.154. The molecule has 1 saturated heterocycles. The molecule has 4 aromatic rings. The van der Waals surface area contributed by atoms with E-state index in [0.29, 0.717) is 27.3 Å². The molecular weight excluding hydrogens is 516 g/mol. The van der Waals surface area contributed by atoms with E-state index in [-0.39, 0.29) is 12.1 Å². The molecule has 0 spiro atoms. The van der Waals surface area contributed by atoms with Crippen molar-refractivity contribution in [2.75, 3.05) is 15.9 Å². The minimum atomic E-state index is -3.38. The maximum Gasteiger partial charge on any atom is 0.229 e. The summed E-state index contributed by atoms with van der Waals surface area (Å²) < 4.78 is 32.1. The van der Waals surface area contributed by atoms with E-state index < -0.39 is 10.0 Å². The number of sulfonamides is 1. The van der Waals surface area contributed by atoms with Crippen molar-refractivity contribution in [3.05, 3.63) is 101 Å². The lowest BCUT2D eigenvalue weighted by molar-refractivity contribution is 0.439. The summed E-state index contributed by atoms with van der Waals surface area (Å²) in [6.07, 6.45) is 2.86. The molecule has 2 aromatic heterocycles. The molecule has 0 amide bonds. The highest BCUT2D eigenvalue weighted by atomic mass is 35.5. The van der Waals surface area contributed by atoms with Crippen molar-refractivity contribution in [1.29, 1.82) is 0 Å². The summed E-state index contributed by atoms with van der Waals surface area (Å²) in [5, 5.41) is 4.57. The van der Waals surface area contributed by atoms with Gasteiger partial charge in [-0.05, 0) is 79.3 Å². The Morgan fingerprint density at radius 1 is 1.08 bits per heavy atom. The number of pyridine rings is 1. The largest absolute Gasteiger partial charge is 0.459 e. The Labute approximate surface area is 220 Å². The average molecular weight is 539 g/mol. The number of thiocarbonyl (C=S) groups is 1. The quantitative estimate of drug-likeness (QED) is 0.298. The Kier molecular flexibility index (Phi) is 6.46. The van der Waals surface area contributed by atoms with Crippen LogP contribution in [0.15, 0.2) is 83.4 Å². The molecule has 0 radical (unpaired) electrons. The van der Waals surface area contributed by atoms with Crippen molar-refractivity contribution >= 4 is 50.3 Å². The summed E-state index contributed by atoms with van der Waals surface area (Å²) in [7, 11) is -3.38. The Hall–Kier alpha value is -3.40. The van der Waals surface area contributed by atoms with E-state index >= 15 is 0 Å². The molecule has 7 nitrogen and oxygen atoms in total. The first kappa shape index (κ1) is 24.3. The lowest BCUT2D eigenvalue weighted by Crippen LogP contribution is -2.29. The zero-order valence-corrected chi connectivity index (χ0v) is 21.9. The van der Waals surface area contributed by atoms with Gasteiger partial charge >= 0.3 is 0 Å². The zero-order chi connectivity index (χ0) is 25.4. The van der Waals surface area contributed by atoms with Gasteiger partial charge in [-0.25, -0.2) is 8.42 Å². The van der Waals surface area contributed by atoms with Crippen LogP contribution in [0.2, 0.25) is 5.02 Å². The maximum atomic E-state index is 11.6. The van der Waals surface area contributed by atoms with Crippen molar-refractivity contribution < 1.29 is 12.8 Å². The molecule has 2 aromatic carbocycles. The Morgan fingerprint density at radius 2 is 1.86 bits per heavy atom. The molecule has 0 aliphatic carbocycles. The predicted octanol–water partition coefficient (Wildman–Crippen LogP) is 5.85. The summed E-state index contributed by atoms with van der Waals surface area (Å²) in [5.74, 6) is 1.39. The van der Waals surface area contributed by atoms with E-state index in [1.54, 1.807) is 18.3 Å². The first-order valence-corrected chi connectivity index (χ1v) is 13.8. The lowest BCUT2D eigenvalue weighted by Gasteiger charge is -2.26. The summed E-state index contributed by atoms with van der Waals surface area (Å²) in [4.78, 5) is 6.52. The Bertz CT molecular complexity index is 1520. The summed E-state index contributed by atoms with van der Waals surface area (Å²) in [6, 6.07) is 21.8. The van der Waals surface area contributed by atoms with Crippen molar-refractivity contribution in [2.45, 2.75) is 19.0 Å². The van der Waals surface area contributed by atoms with Crippen LogP contribution in [0, 0.1) is 6.92 Å². The van der Waals surface area contributed by atoms with Crippen LogP contribution in [0.5, 0.6) is 0 Å². The minimum Gasteiger partial charge on any atom is -0.459 e. The van der Waals surface area contributed by atoms with Gasteiger partial charge in [0.25, 0.3) is 0 Å². The number of benzene rings is 2. The molecule has 1 aliphatic rings. The van der Waals surface area contributed by atoms with Gasteiger partial charge in [-0.1, -0.05) is 29.8 Å². The fourth-order valence-electron chi connectivity index (χ4n) is 4.24. The van der Waals surface area contributed by atoms with Gasteiger partial charge in [-0.2, -0.15) is 0 Å². The van der Waals surface area contributed by atoms with Gasteiger partial charge < -0.3 is 14.6 Å². The molecule has 10 heteroatoms. The molecule has 36 heavy (non-hydrogen) atoms. The van der Waals surface area contributed by atoms with Gasteiger partial charge in [0, 0.05) is 28.2 Å². The van der Waals surface area contributed by atoms with E-state index in [1.165, 1.54) is 0 Å². The Balaban J connectivity index is 1.55. The third-order valence-corrected chi connectivity index (χ3v) is 7.25. The van der Waals surface area contributed by atoms with E-state index in [9.17, 15) is 8.42 Å². The van der Waals surface area contributed by atoms with Crippen LogP contribution in [0.1, 0.15) is 29.1 Å². The number of rotatable bonds is 6. The molecular formula is C26H23ClN4O3S2. The van der Waals surface area contributed by atoms with Gasteiger partial charge in [-0.15, -0.1) is 0 Å². The van der Waals surface area contributed by atoms with Crippen molar-refractivity contribution in [2.24, 2.45) is 0 Å². The number of aryl methyl sites for hydroxylation is 1. The first-order valence-electron chi connectivity index (χ1n) is 11.1. The van der Waals surface area contributed by atoms with E-state index in [4.69, 9.17) is 28.2 Å². The third kappa shape index (κ3) is 4.95. The molecule has 1 aliphatic heterocycles. The van der Waals surface area contributed by atoms with Gasteiger partial charge in [0.05, 0.1) is 18.0 Å². The van der Waals surface area contributed by atoms with Crippen LogP contribution in [0.25, 0.3) is 11.3 Å². The number of halogens is 1. The smallest absolute Gasteiger partial charge is 0.229 e. The molecule has 0 unspecified atom stereocenters. The highest BCUT2D eigenvalue weighted by Gasteiger charge is 2.42. The Morgan fingerprint density at radius 3 is 2.53 bits per heavy atom. The number of hydrogen-bond acceptors (Lipinski definition) is 5. The lowest BCUT2D eigenvalue weighted by atomic mass is 10.0. The van der Waals surface area contributed by atoms with Crippen LogP contribution >= 0.6 is 23.8 Å². The predicted molar refractivity (Wildman–Crippen MR) is 147 cm³/mol. The van der Waals surface area contributed by atoms with Crippen LogP contribution in [0.4, 0.5) is 11.4 Å². The van der Waals surface area contributed by atoms with Crippen LogP contribution in [0.3, 0.4) is 0 Å². The molecule has 3 heterocycles. The number of nitrogens with zero attached hydrogens (tertiary/aromatic N) is 2. The molecule has 0 saturated carbocycles. The van der Waals surface area contributed by atoms with E-state index in [1.807, 2.05) is 72.5 Å². The summed E-state index contributed by atoms with van der Waals surface area (Å²) in [6.45, 7) is 1.96. The summed E-state index contributed by atoms with van der Waals surface area (Å²) >= 11 is 12.1. The standard InChI is InChI=1S/C26H23ClN4O3S2/c1-16-6-7-17(15-20(16)27)22-12-13-23(34-22)25-24(21-5-3-4-14-28-21)29-26(35)31(25)19-10-8-18(9-11-19)30-36(2,32)33/h3-15,24-25,30H,1-2H3,(H,29,35)/t24-,25+/m0/s1. The number of hydrogen-bond donors (Lipinski definition) is 2. The second kappa shape index (κ2) is 9.57. The minimum absolute atomic E-state index is 0.270. The zero-order valence-electron chi connectivity index (χ0n) is 19.5. The van der Waals surface area contributed by atoms with E-state index in [0.717, 1.165) is 28.8 Å². The molecule has 184 valence electrons. The highest BCUT2D eigenvalue weighted by Crippen LogP contribution is 2.43. The first-order chi connectivity index (χ1) is 17.2. The SMILES string of the molecule is Cc1ccc(-c2ccc([C@@H]3[C@H](c4ccccn4)NC(=S)N3c3ccc(NS(C)(=O)=O)cc3)o2)cc1Cl. The highest BCUT2D eigenvalue weighted by molar-refractivity contribution is 7.92. The second-order valence-corrected chi connectivity index (χ2v) is 11.1. The normalized spacial score (nSPS) is 17.8. The molecule has 0 bridgehead atoms. The number of furan rings is 1. The molecule has 2 N–H and O–H groups in total. The van der Waals surface area contributed by atoms with Crippen molar-refractivity contribution in [3.8, 4) is 11.3 Å². The number of aromatic nitrogens is 1. The van der Waals surface area contributed by atoms with Crippen LogP contribution in [-0.4, -0.2) is 24.8 Å². The molecule has 2 atom stereocenters. The summed E-state index contributed by atoms with van der Waals surface area (Å²) in [5.41, 5.74) is 3.94. The van der Waals surface area contributed by atoms with Gasteiger partial charge in [-0.3, -0.25) is 9.71 Å². The maximum absolute atomic E-state index is 11.6. The fourth-order valence-corrected chi connectivity index (χ4v) is 5.33. The second-order valence-electron chi connectivity index (χ2n) is 8.58. The molecule has 5 rings (SSSR count). The van der Waals surface area contributed by atoms with Crippen molar-refractivity contribution in [1.82, 2.24) is 10.3 Å². The van der Waals surface area contributed by atoms with Crippen LogP contribution in [-0.2, 0) is 10.0 Å².